The van der Waals surface area contributed by atoms with E-state index in [1.807, 2.05) is 0 Å². The number of nitrogens with one attached hydrogen (secondary N) is 1. The summed E-state index contributed by atoms with van der Waals surface area (Å²) in [6, 6.07) is 15.7. The molecule has 0 aliphatic rings. The first-order chi connectivity index (χ1) is 16.7. The Hall–Kier alpha value is -4.40. The summed E-state index contributed by atoms with van der Waals surface area (Å²) in [6.07, 6.45) is -3.58. The van der Waals surface area contributed by atoms with Gasteiger partial charge in [0.1, 0.15) is 5.58 Å². The molecule has 0 amide bonds. The fraction of sp³-hybridized carbons (Fsp3) is 0.115. The Balaban J connectivity index is 1.95. The largest absolute Gasteiger partial charge is 0.464 e. The first-order valence-electron chi connectivity index (χ1n) is 10.6. The van der Waals surface area contributed by atoms with E-state index < -0.39 is 28.0 Å². The number of halogens is 3. The zero-order valence-electron chi connectivity index (χ0n) is 18.2. The molecule has 6 nitrogen and oxygen atoms in total. The van der Waals surface area contributed by atoms with Crippen molar-refractivity contribution in [1.29, 1.82) is 0 Å². The minimum atomic E-state index is -4.72. The quantitative estimate of drug-likeness (QED) is 0.230. The van der Waals surface area contributed by atoms with Crippen LogP contribution in [0.2, 0.25) is 0 Å². The molecule has 2 aromatic heterocycles. The van der Waals surface area contributed by atoms with Crippen molar-refractivity contribution in [2.75, 3.05) is 0 Å². The van der Waals surface area contributed by atoms with Crippen molar-refractivity contribution in [1.82, 2.24) is 4.98 Å². The smallest absolute Gasteiger partial charge is 0.416 e. The number of hydrogen-bond donors (Lipinski definition) is 1. The molecule has 0 aliphatic heterocycles. The summed E-state index contributed by atoms with van der Waals surface area (Å²) in [5, 5.41) is 12.2. The number of aromatic amines is 1. The summed E-state index contributed by atoms with van der Waals surface area (Å²) in [4.78, 5) is 27.9. The van der Waals surface area contributed by atoms with Crippen LogP contribution in [-0.2, 0) is 6.18 Å². The lowest BCUT2D eigenvalue weighted by molar-refractivity contribution is -0.383. The average molecular weight is 478 g/mol. The zero-order valence-corrected chi connectivity index (χ0v) is 18.2. The van der Waals surface area contributed by atoms with Gasteiger partial charge in [-0.2, -0.15) is 13.2 Å². The van der Waals surface area contributed by atoms with Crippen molar-refractivity contribution in [3.63, 3.8) is 0 Å². The highest BCUT2D eigenvalue weighted by atomic mass is 19.4. The minimum absolute atomic E-state index is 0.0532. The molecule has 0 saturated heterocycles. The van der Waals surface area contributed by atoms with E-state index in [1.54, 1.807) is 31.2 Å². The molecule has 5 rings (SSSR count). The van der Waals surface area contributed by atoms with Gasteiger partial charge in [-0.1, -0.05) is 36.4 Å². The molecule has 9 heteroatoms. The molecule has 3 aromatic carbocycles. The van der Waals surface area contributed by atoms with Crippen molar-refractivity contribution < 1.29 is 22.5 Å². The number of rotatable bonds is 4. The Bertz CT molecular complexity index is 1670. The second-order valence-electron chi connectivity index (χ2n) is 8.15. The van der Waals surface area contributed by atoms with E-state index in [0.29, 0.717) is 11.2 Å². The van der Waals surface area contributed by atoms with Gasteiger partial charge in [0.25, 0.3) is 5.69 Å². The molecule has 176 valence electrons. The molecule has 0 bridgehead atoms. The van der Waals surface area contributed by atoms with Gasteiger partial charge in [-0.25, -0.2) is 0 Å². The van der Waals surface area contributed by atoms with Gasteiger partial charge in [0.2, 0.25) is 0 Å². The first-order valence-corrected chi connectivity index (χ1v) is 10.6. The molecule has 0 radical (unpaired) electrons. The molecule has 0 fully saturated rings. The van der Waals surface area contributed by atoms with Crippen molar-refractivity contribution >= 4 is 27.6 Å². The molecular formula is C26H17F3N2O4. The van der Waals surface area contributed by atoms with Crippen molar-refractivity contribution in [3.8, 4) is 0 Å². The van der Waals surface area contributed by atoms with Crippen LogP contribution in [-0.4, -0.2) is 9.91 Å². The highest BCUT2D eigenvalue weighted by Crippen LogP contribution is 2.45. The number of nitrogens with zero attached hydrogens (tertiary/aromatic N) is 1. The summed E-state index contributed by atoms with van der Waals surface area (Å²) in [5.41, 5.74) is -0.702. The number of H-pyrrole nitrogens is 1. The topological polar surface area (TPSA) is 89.1 Å². The van der Waals surface area contributed by atoms with Gasteiger partial charge in [0, 0.05) is 23.2 Å². The molecular weight excluding hydrogens is 461 g/mol. The maximum absolute atomic E-state index is 14.1. The van der Waals surface area contributed by atoms with Gasteiger partial charge in [-0.15, -0.1) is 0 Å². The Morgan fingerprint density at radius 2 is 1.69 bits per heavy atom. The monoisotopic (exact) mass is 478 g/mol. The van der Waals surface area contributed by atoms with E-state index in [9.17, 15) is 28.1 Å². The Morgan fingerprint density at radius 3 is 2.43 bits per heavy atom. The average Bonchev–Trinajstić information content (AvgIpc) is 3.16. The maximum Gasteiger partial charge on any atom is 0.416 e. The van der Waals surface area contributed by atoms with E-state index in [0.717, 1.165) is 12.3 Å². The van der Waals surface area contributed by atoms with Crippen LogP contribution < -0.4 is 5.43 Å². The third kappa shape index (κ3) is 3.65. The Morgan fingerprint density at radius 1 is 0.971 bits per heavy atom. The SMILES string of the molecule is Cc1[nH]c2cccc([N+](=O)[O-])c2c1C(c1ccccc1C(F)(F)F)c1coc2ccccc2c1=O. The summed E-state index contributed by atoms with van der Waals surface area (Å²) >= 11 is 0. The lowest BCUT2D eigenvalue weighted by Gasteiger charge is -2.22. The summed E-state index contributed by atoms with van der Waals surface area (Å²) in [7, 11) is 0. The molecule has 0 aliphatic carbocycles. The van der Waals surface area contributed by atoms with Gasteiger partial charge < -0.3 is 9.40 Å². The van der Waals surface area contributed by atoms with Crippen LogP contribution in [0.5, 0.6) is 0 Å². The Kier molecular flexibility index (Phi) is 5.20. The molecule has 5 aromatic rings. The standard InChI is InChI=1S/C26H17F3N2O4/c1-14-22(24-19(30-14)10-6-11-20(24)31(33)34)23(15-7-2-4-9-18(15)26(27,28)29)17-13-35-21-12-5-3-8-16(21)25(17)32/h2-13,23,30H,1H3. The summed E-state index contributed by atoms with van der Waals surface area (Å²) < 4.78 is 48.0. The van der Waals surface area contributed by atoms with Crippen LogP contribution in [0.15, 0.2) is 82.2 Å². The van der Waals surface area contributed by atoms with Gasteiger partial charge in [0.15, 0.2) is 5.43 Å². The molecule has 1 unspecified atom stereocenters. The summed E-state index contributed by atoms with van der Waals surface area (Å²) in [6.45, 7) is 1.62. The van der Waals surface area contributed by atoms with E-state index in [4.69, 9.17) is 4.42 Å². The van der Waals surface area contributed by atoms with Crippen LogP contribution in [0, 0.1) is 17.0 Å². The third-order valence-corrected chi connectivity index (χ3v) is 6.12. The van der Waals surface area contributed by atoms with Gasteiger partial charge >= 0.3 is 6.18 Å². The highest BCUT2D eigenvalue weighted by molar-refractivity contribution is 5.94. The number of aromatic nitrogens is 1. The van der Waals surface area contributed by atoms with E-state index in [-0.39, 0.29) is 38.7 Å². The predicted octanol–water partition coefficient (Wildman–Crippen LogP) is 6.69. The minimum Gasteiger partial charge on any atom is -0.464 e. The number of aryl methyl sites for hydroxylation is 1. The van der Waals surface area contributed by atoms with Crippen LogP contribution in [0.4, 0.5) is 18.9 Å². The normalized spacial score (nSPS) is 12.8. The number of para-hydroxylation sites is 1. The third-order valence-electron chi connectivity index (χ3n) is 6.12. The van der Waals surface area contributed by atoms with Crippen molar-refractivity contribution in [2.24, 2.45) is 0 Å². The molecule has 1 N–H and O–H groups in total. The highest BCUT2D eigenvalue weighted by Gasteiger charge is 2.38. The molecule has 0 saturated carbocycles. The van der Waals surface area contributed by atoms with E-state index in [2.05, 4.69) is 4.98 Å². The van der Waals surface area contributed by atoms with Gasteiger partial charge in [-0.05, 0) is 42.3 Å². The maximum atomic E-state index is 14.1. The van der Waals surface area contributed by atoms with Crippen LogP contribution >= 0.6 is 0 Å². The Labute approximate surface area is 195 Å². The summed E-state index contributed by atoms with van der Waals surface area (Å²) in [5.74, 6) is -1.29. The fourth-order valence-corrected chi connectivity index (χ4v) is 4.67. The second kappa shape index (κ2) is 8.12. The van der Waals surface area contributed by atoms with Crippen LogP contribution in [0.3, 0.4) is 0 Å². The molecule has 2 heterocycles. The first kappa shape index (κ1) is 22.4. The molecule has 1 atom stereocenters. The number of nitro groups is 1. The molecule has 35 heavy (non-hydrogen) atoms. The fourth-order valence-electron chi connectivity index (χ4n) is 4.67. The van der Waals surface area contributed by atoms with Crippen molar-refractivity contribution in [3.05, 3.63) is 121 Å². The number of benzene rings is 3. The predicted molar refractivity (Wildman–Crippen MR) is 125 cm³/mol. The van der Waals surface area contributed by atoms with Gasteiger partial charge in [0.05, 0.1) is 33.0 Å². The van der Waals surface area contributed by atoms with E-state index >= 15 is 0 Å². The number of hydrogen-bond acceptors (Lipinski definition) is 4. The number of nitro benzene ring substituents is 1. The number of alkyl halides is 3. The lowest BCUT2D eigenvalue weighted by atomic mass is 9.81. The van der Waals surface area contributed by atoms with Crippen LogP contribution in [0.25, 0.3) is 21.9 Å². The number of non-ortho nitro benzene ring substituents is 1. The molecule has 0 spiro atoms. The van der Waals surface area contributed by atoms with E-state index in [1.165, 1.54) is 36.4 Å². The lowest BCUT2D eigenvalue weighted by Crippen LogP contribution is -2.20. The van der Waals surface area contributed by atoms with Crippen LogP contribution in [0.1, 0.15) is 33.9 Å². The number of fused-ring (bicyclic) bond motifs is 2. The second-order valence-corrected chi connectivity index (χ2v) is 8.15. The van der Waals surface area contributed by atoms with Crippen molar-refractivity contribution in [2.45, 2.75) is 19.0 Å². The van der Waals surface area contributed by atoms with Gasteiger partial charge in [-0.3, -0.25) is 14.9 Å². The zero-order chi connectivity index (χ0) is 24.9.